The molecule has 5 heteroatoms. The second-order valence-electron chi connectivity index (χ2n) is 4.29. The summed E-state index contributed by atoms with van der Waals surface area (Å²) in [7, 11) is 1.26. The number of carbonyl (C=O) groups excluding carboxylic acids is 2. The highest BCUT2D eigenvalue weighted by atomic mass is 16.5. The lowest BCUT2D eigenvalue weighted by molar-refractivity contribution is -0.139. The summed E-state index contributed by atoms with van der Waals surface area (Å²) in [5, 5.41) is 2.42. The Morgan fingerprint density at radius 1 is 1.25 bits per heavy atom. The number of benzene rings is 1. The largest absolute Gasteiger partial charge is 0.468 e. The third-order valence-electron chi connectivity index (χ3n) is 2.75. The Morgan fingerprint density at radius 3 is 2.75 bits per heavy atom. The number of ether oxygens (including phenoxy) is 1. The average Bonchev–Trinajstić information content (AvgIpc) is 2.94. The van der Waals surface area contributed by atoms with E-state index in [9.17, 15) is 9.59 Å². The molecule has 0 radical (unpaired) electrons. The number of esters is 1. The van der Waals surface area contributed by atoms with Crippen LogP contribution in [-0.2, 0) is 9.53 Å². The van der Waals surface area contributed by atoms with E-state index in [1.54, 1.807) is 12.1 Å². The molecule has 20 heavy (non-hydrogen) atoms. The van der Waals surface area contributed by atoms with Crippen LogP contribution in [0.3, 0.4) is 0 Å². The molecule has 1 amide bonds. The minimum absolute atomic E-state index is 0.158. The van der Waals surface area contributed by atoms with Gasteiger partial charge >= 0.3 is 5.97 Å². The van der Waals surface area contributed by atoms with Gasteiger partial charge in [0.1, 0.15) is 12.3 Å². The minimum atomic E-state index is -0.510. The highest BCUT2D eigenvalue weighted by Crippen LogP contribution is 2.22. The first kappa shape index (κ1) is 13.9. The number of amides is 1. The van der Waals surface area contributed by atoms with E-state index < -0.39 is 11.9 Å². The Morgan fingerprint density at radius 2 is 2.05 bits per heavy atom. The lowest BCUT2D eigenvalue weighted by atomic mass is 10.1. The molecule has 1 aromatic carbocycles. The molecule has 0 aliphatic carbocycles. The topological polar surface area (TPSA) is 68.5 Å². The summed E-state index contributed by atoms with van der Waals surface area (Å²) >= 11 is 0. The predicted molar refractivity (Wildman–Crippen MR) is 73.2 cm³/mol. The van der Waals surface area contributed by atoms with E-state index in [0.29, 0.717) is 5.76 Å². The maximum Gasteiger partial charge on any atom is 0.325 e. The number of rotatable bonds is 4. The molecule has 0 saturated heterocycles. The summed E-state index contributed by atoms with van der Waals surface area (Å²) < 4.78 is 9.93. The van der Waals surface area contributed by atoms with Crippen LogP contribution in [0.15, 0.2) is 40.8 Å². The summed E-state index contributed by atoms with van der Waals surface area (Å²) in [5.74, 6) is -0.194. The molecule has 0 atom stereocenters. The van der Waals surface area contributed by atoms with Gasteiger partial charge in [-0.05, 0) is 25.1 Å². The first-order valence-electron chi connectivity index (χ1n) is 6.12. The Bertz CT molecular complexity index is 630. The van der Waals surface area contributed by atoms with Gasteiger partial charge in [0.05, 0.1) is 7.11 Å². The van der Waals surface area contributed by atoms with Gasteiger partial charge < -0.3 is 14.5 Å². The van der Waals surface area contributed by atoms with E-state index in [2.05, 4.69) is 10.1 Å². The zero-order chi connectivity index (χ0) is 14.5. The lowest BCUT2D eigenvalue weighted by Gasteiger charge is -2.01. The second-order valence-corrected chi connectivity index (χ2v) is 4.29. The van der Waals surface area contributed by atoms with Crippen molar-refractivity contribution in [2.24, 2.45) is 0 Å². The van der Waals surface area contributed by atoms with E-state index in [1.807, 2.05) is 31.2 Å². The molecule has 0 spiro atoms. The summed E-state index contributed by atoms with van der Waals surface area (Å²) in [4.78, 5) is 22.7. The van der Waals surface area contributed by atoms with E-state index in [1.165, 1.54) is 7.11 Å². The van der Waals surface area contributed by atoms with Crippen molar-refractivity contribution < 1.29 is 18.7 Å². The molecule has 0 bridgehead atoms. The fourth-order valence-corrected chi connectivity index (χ4v) is 1.73. The Balaban J connectivity index is 2.09. The molecule has 0 fully saturated rings. The SMILES string of the molecule is COC(=O)CNC(=O)c1ccc(-c2cccc(C)c2)o1. The first-order valence-corrected chi connectivity index (χ1v) is 6.12. The number of aryl methyl sites for hydroxylation is 1. The standard InChI is InChI=1S/C15H15NO4/c1-10-4-3-5-11(8-10)12-6-7-13(20-12)15(18)16-9-14(17)19-2/h3-8H,9H2,1-2H3,(H,16,18). The Labute approximate surface area is 116 Å². The summed E-state index contributed by atoms with van der Waals surface area (Å²) in [5.41, 5.74) is 2.01. The van der Waals surface area contributed by atoms with Crippen molar-refractivity contribution in [2.75, 3.05) is 13.7 Å². The van der Waals surface area contributed by atoms with Crippen LogP contribution in [0.5, 0.6) is 0 Å². The van der Waals surface area contributed by atoms with Crippen LogP contribution in [-0.4, -0.2) is 25.5 Å². The van der Waals surface area contributed by atoms with Crippen LogP contribution in [0.2, 0.25) is 0 Å². The number of hydrogen-bond acceptors (Lipinski definition) is 4. The maximum atomic E-state index is 11.8. The van der Waals surface area contributed by atoms with Crippen molar-refractivity contribution in [3.63, 3.8) is 0 Å². The first-order chi connectivity index (χ1) is 9.60. The van der Waals surface area contributed by atoms with Gasteiger partial charge in [0.25, 0.3) is 5.91 Å². The van der Waals surface area contributed by atoms with Crippen LogP contribution in [0, 0.1) is 6.92 Å². The molecule has 0 aliphatic heterocycles. The van der Waals surface area contributed by atoms with E-state index in [4.69, 9.17) is 4.42 Å². The van der Waals surface area contributed by atoms with Crippen molar-refractivity contribution >= 4 is 11.9 Å². The normalized spacial score (nSPS) is 10.1. The highest BCUT2D eigenvalue weighted by molar-refractivity contribution is 5.94. The van der Waals surface area contributed by atoms with Gasteiger partial charge in [-0.3, -0.25) is 9.59 Å². The summed E-state index contributed by atoms with van der Waals surface area (Å²) in [6.45, 7) is 1.80. The second kappa shape index (κ2) is 6.06. The molecule has 5 nitrogen and oxygen atoms in total. The highest BCUT2D eigenvalue weighted by Gasteiger charge is 2.13. The Hall–Kier alpha value is -2.56. The number of methoxy groups -OCH3 is 1. The van der Waals surface area contributed by atoms with Gasteiger partial charge in [-0.15, -0.1) is 0 Å². The summed E-state index contributed by atoms with van der Waals surface area (Å²) in [6, 6.07) is 11.1. The third kappa shape index (κ3) is 3.26. The van der Waals surface area contributed by atoms with E-state index in [0.717, 1.165) is 11.1 Å². The molecular formula is C15H15NO4. The number of furan rings is 1. The predicted octanol–water partition coefficient (Wildman–Crippen LogP) is 2.16. The number of hydrogen-bond donors (Lipinski definition) is 1. The van der Waals surface area contributed by atoms with Crippen LogP contribution < -0.4 is 5.32 Å². The fourth-order valence-electron chi connectivity index (χ4n) is 1.73. The quantitative estimate of drug-likeness (QED) is 0.867. The zero-order valence-electron chi connectivity index (χ0n) is 11.3. The van der Waals surface area contributed by atoms with E-state index in [-0.39, 0.29) is 12.3 Å². The van der Waals surface area contributed by atoms with Crippen molar-refractivity contribution in [3.8, 4) is 11.3 Å². The molecule has 104 valence electrons. The molecule has 1 N–H and O–H groups in total. The van der Waals surface area contributed by atoms with Gasteiger partial charge in [0, 0.05) is 5.56 Å². The van der Waals surface area contributed by atoms with Crippen LogP contribution >= 0.6 is 0 Å². The fraction of sp³-hybridized carbons (Fsp3) is 0.200. The monoisotopic (exact) mass is 273 g/mol. The third-order valence-corrected chi connectivity index (χ3v) is 2.75. The summed E-state index contributed by atoms with van der Waals surface area (Å²) in [6.07, 6.45) is 0. The smallest absolute Gasteiger partial charge is 0.325 e. The van der Waals surface area contributed by atoms with Gasteiger partial charge in [-0.25, -0.2) is 0 Å². The average molecular weight is 273 g/mol. The number of nitrogens with one attached hydrogen (secondary N) is 1. The molecule has 0 unspecified atom stereocenters. The molecule has 0 aliphatic rings. The zero-order valence-corrected chi connectivity index (χ0v) is 11.3. The van der Waals surface area contributed by atoms with Crippen LogP contribution in [0.25, 0.3) is 11.3 Å². The number of carbonyl (C=O) groups is 2. The lowest BCUT2D eigenvalue weighted by Crippen LogP contribution is -2.29. The minimum Gasteiger partial charge on any atom is -0.468 e. The van der Waals surface area contributed by atoms with Crippen molar-refractivity contribution in [2.45, 2.75) is 6.92 Å². The van der Waals surface area contributed by atoms with Gasteiger partial charge in [-0.2, -0.15) is 0 Å². The maximum absolute atomic E-state index is 11.8. The van der Waals surface area contributed by atoms with E-state index >= 15 is 0 Å². The van der Waals surface area contributed by atoms with Crippen molar-refractivity contribution in [3.05, 3.63) is 47.7 Å². The molecule has 0 saturated carbocycles. The molecule has 2 rings (SSSR count). The van der Waals surface area contributed by atoms with Gasteiger partial charge in [-0.1, -0.05) is 23.8 Å². The van der Waals surface area contributed by atoms with Gasteiger partial charge in [0.15, 0.2) is 5.76 Å². The van der Waals surface area contributed by atoms with Gasteiger partial charge in [0.2, 0.25) is 0 Å². The van der Waals surface area contributed by atoms with Crippen molar-refractivity contribution in [1.29, 1.82) is 0 Å². The van der Waals surface area contributed by atoms with Crippen molar-refractivity contribution in [1.82, 2.24) is 5.32 Å². The molecule has 2 aromatic rings. The Kier molecular flexibility index (Phi) is 4.20. The van der Waals surface area contributed by atoms with Crippen LogP contribution in [0.1, 0.15) is 16.1 Å². The molecule has 1 aromatic heterocycles. The molecular weight excluding hydrogens is 258 g/mol. The molecule has 1 heterocycles. The van der Waals surface area contributed by atoms with Crippen LogP contribution in [0.4, 0.5) is 0 Å².